The number of carbonyl (C=O) groups excluding carboxylic acids is 1. The predicted molar refractivity (Wildman–Crippen MR) is 89.2 cm³/mol. The van der Waals surface area contributed by atoms with Crippen LogP contribution in [0, 0.1) is 5.92 Å². The second kappa shape index (κ2) is 7.29. The van der Waals surface area contributed by atoms with Crippen molar-refractivity contribution in [2.75, 3.05) is 44.4 Å². The second-order valence-corrected chi connectivity index (χ2v) is 9.23. The van der Waals surface area contributed by atoms with E-state index in [0.717, 1.165) is 13.1 Å². The third kappa shape index (κ3) is 4.32. The summed E-state index contributed by atoms with van der Waals surface area (Å²) in [5, 5.41) is 5.00. The van der Waals surface area contributed by atoms with Crippen molar-refractivity contribution < 1.29 is 17.9 Å². The predicted octanol–water partition coefficient (Wildman–Crippen LogP) is 0.672. The van der Waals surface area contributed by atoms with Gasteiger partial charge in [0.1, 0.15) is 0 Å². The van der Waals surface area contributed by atoms with Crippen molar-refractivity contribution in [3.05, 3.63) is 22.4 Å². The minimum absolute atomic E-state index is 0.0138. The molecule has 1 aromatic heterocycles. The Morgan fingerprint density at radius 3 is 2.83 bits per heavy atom. The first-order valence-corrected chi connectivity index (χ1v) is 10.6. The second-order valence-electron chi connectivity index (χ2n) is 6.02. The highest BCUT2D eigenvalue weighted by Gasteiger charge is 2.33. The van der Waals surface area contributed by atoms with Crippen molar-refractivity contribution in [2.45, 2.75) is 12.5 Å². The Morgan fingerprint density at radius 2 is 2.22 bits per heavy atom. The Labute approximate surface area is 140 Å². The zero-order valence-corrected chi connectivity index (χ0v) is 14.6. The fourth-order valence-corrected chi connectivity index (χ4v) is 5.73. The van der Waals surface area contributed by atoms with E-state index in [1.807, 2.05) is 11.4 Å². The molecule has 0 saturated carbocycles. The first-order chi connectivity index (χ1) is 11.1. The lowest BCUT2D eigenvalue weighted by Gasteiger charge is -2.34. The average molecular weight is 358 g/mol. The molecule has 3 rings (SSSR count). The third-order valence-corrected chi connectivity index (χ3v) is 7.17. The molecule has 1 amide bonds. The molecule has 128 valence electrons. The number of hydrogen-bond donors (Lipinski definition) is 1. The number of morpholine rings is 1. The number of sulfone groups is 1. The quantitative estimate of drug-likeness (QED) is 0.837. The van der Waals surface area contributed by atoms with Gasteiger partial charge in [0.15, 0.2) is 9.84 Å². The van der Waals surface area contributed by atoms with Crippen LogP contribution in [0.3, 0.4) is 0 Å². The molecule has 2 unspecified atom stereocenters. The summed E-state index contributed by atoms with van der Waals surface area (Å²) in [5.74, 6) is -0.419. The number of amides is 1. The third-order valence-electron chi connectivity index (χ3n) is 4.43. The van der Waals surface area contributed by atoms with E-state index in [4.69, 9.17) is 4.74 Å². The summed E-state index contributed by atoms with van der Waals surface area (Å²) < 4.78 is 28.4. The number of ether oxygens (including phenoxy) is 1. The first-order valence-electron chi connectivity index (χ1n) is 7.88. The lowest BCUT2D eigenvalue weighted by Crippen LogP contribution is -2.44. The minimum atomic E-state index is -3.03. The summed E-state index contributed by atoms with van der Waals surface area (Å²) in [6, 6.07) is 4.22. The first kappa shape index (κ1) is 16.9. The fraction of sp³-hybridized carbons (Fsp3) is 0.667. The number of hydrogen-bond acceptors (Lipinski definition) is 6. The SMILES string of the molecule is O=C(NCC(c1cccs1)N1CCOCC1)C1CCS(=O)(=O)C1. The van der Waals surface area contributed by atoms with Crippen LogP contribution in [0.1, 0.15) is 17.3 Å². The Hall–Kier alpha value is -0.960. The molecular weight excluding hydrogens is 336 g/mol. The summed E-state index contributed by atoms with van der Waals surface area (Å²) in [7, 11) is -3.03. The Balaban J connectivity index is 1.61. The van der Waals surface area contributed by atoms with Gasteiger partial charge in [-0.3, -0.25) is 9.69 Å². The maximum absolute atomic E-state index is 12.3. The molecule has 0 radical (unpaired) electrons. The van der Waals surface area contributed by atoms with Gasteiger partial charge in [0, 0.05) is 24.5 Å². The van der Waals surface area contributed by atoms with Gasteiger partial charge in [-0.15, -0.1) is 11.3 Å². The number of thiophene rings is 1. The normalized spacial score (nSPS) is 26.0. The highest BCUT2D eigenvalue weighted by Crippen LogP contribution is 2.26. The van der Waals surface area contributed by atoms with Crippen molar-refractivity contribution in [3.8, 4) is 0 Å². The number of nitrogens with one attached hydrogen (secondary N) is 1. The van der Waals surface area contributed by atoms with Gasteiger partial charge in [0.2, 0.25) is 5.91 Å². The number of nitrogens with zero attached hydrogens (tertiary/aromatic N) is 1. The molecule has 23 heavy (non-hydrogen) atoms. The van der Waals surface area contributed by atoms with Crippen LogP contribution in [0.2, 0.25) is 0 Å². The summed E-state index contributed by atoms with van der Waals surface area (Å²) in [6.07, 6.45) is 0.440. The molecule has 3 heterocycles. The average Bonchev–Trinajstić information content (AvgIpc) is 3.18. The molecule has 0 aromatic carbocycles. The zero-order valence-electron chi connectivity index (χ0n) is 12.9. The summed E-state index contributed by atoms with van der Waals surface area (Å²) >= 11 is 1.68. The van der Waals surface area contributed by atoms with Crippen LogP contribution in [0.25, 0.3) is 0 Å². The fourth-order valence-electron chi connectivity index (χ4n) is 3.12. The number of rotatable bonds is 5. The van der Waals surface area contributed by atoms with E-state index in [1.165, 1.54) is 4.88 Å². The molecule has 2 saturated heterocycles. The Morgan fingerprint density at radius 1 is 1.43 bits per heavy atom. The lowest BCUT2D eigenvalue weighted by atomic mass is 10.1. The van der Waals surface area contributed by atoms with Crippen LogP contribution < -0.4 is 5.32 Å². The molecular formula is C15H22N2O4S2. The molecule has 8 heteroatoms. The van der Waals surface area contributed by atoms with Gasteiger partial charge in [-0.1, -0.05) is 6.07 Å². The van der Waals surface area contributed by atoms with Crippen LogP contribution in [0.5, 0.6) is 0 Å². The van der Waals surface area contributed by atoms with Gasteiger partial charge in [-0.25, -0.2) is 8.42 Å². The van der Waals surface area contributed by atoms with Crippen molar-refractivity contribution in [2.24, 2.45) is 5.92 Å². The van der Waals surface area contributed by atoms with Crippen LogP contribution in [0.15, 0.2) is 17.5 Å². The maximum Gasteiger partial charge on any atom is 0.224 e. The lowest BCUT2D eigenvalue weighted by molar-refractivity contribution is -0.124. The summed E-state index contributed by atoms with van der Waals surface area (Å²) in [6.45, 7) is 3.61. The minimum Gasteiger partial charge on any atom is -0.379 e. The van der Waals surface area contributed by atoms with Crippen LogP contribution in [-0.2, 0) is 19.4 Å². The molecule has 2 fully saturated rings. The molecule has 0 bridgehead atoms. The van der Waals surface area contributed by atoms with E-state index in [2.05, 4.69) is 16.3 Å². The van der Waals surface area contributed by atoms with Gasteiger partial charge < -0.3 is 10.1 Å². The molecule has 1 N–H and O–H groups in total. The Bertz CT molecular complexity index is 624. The van der Waals surface area contributed by atoms with Gasteiger partial charge in [0.05, 0.1) is 36.7 Å². The number of carbonyl (C=O) groups is 1. The summed E-state index contributed by atoms with van der Waals surface area (Å²) in [4.78, 5) is 15.8. The Kier molecular flexibility index (Phi) is 5.35. The monoisotopic (exact) mass is 358 g/mol. The van der Waals surface area contributed by atoms with E-state index < -0.39 is 15.8 Å². The standard InChI is InChI=1S/C15H22N2O4S2/c18-15(12-3-9-23(19,20)11-12)16-10-13(14-2-1-8-22-14)17-4-6-21-7-5-17/h1-2,8,12-13H,3-7,9-11H2,(H,16,18). The molecule has 0 aliphatic carbocycles. The van der Waals surface area contributed by atoms with Crippen molar-refractivity contribution in [1.29, 1.82) is 0 Å². The summed E-state index contributed by atoms with van der Waals surface area (Å²) in [5.41, 5.74) is 0. The van der Waals surface area contributed by atoms with Gasteiger partial charge in [-0.2, -0.15) is 0 Å². The van der Waals surface area contributed by atoms with E-state index in [1.54, 1.807) is 11.3 Å². The van der Waals surface area contributed by atoms with Gasteiger partial charge in [-0.05, 0) is 17.9 Å². The van der Waals surface area contributed by atoms with E-state index >= 15 is 0 Å². The molecule has 2 aliphatic heterocycles. The smallest absolute Gasteiger partial charge is 0.224 e. The topological polar surface area (TPSA) is 75.7 Å². The maximum atomic E-state index is 12.3. The van der Waals surface area contributed by atoms with Crippen LogP contribution >= 0.6 is 11.3 Å². The molecule has 2 atom stereocenters. The van der Waals surface area contributed by atoms with Crippen molar-refractivity contribution >= 4 is 27.1 Å². The zero-order chi connectivity index (χ0) is 16.3. The molecule has 6 nitrogen and oxygen atoms in total. The highest BCUT2D eigenvalue weighted by atomic mass is 32.2. The van der Waals surface area contributed by atoms with E-state index in [-0.39, 0.29) is 23.5 Å². The van der Waals surface area contributed by atoms with Gasteiger partial charge in [0.25, 0.3) is 0 Å². The molecule has 1 aromatic rings. The molecule has 0 spiro atoms. The van der Waals surface area contributed by atoms with E-state index in [0.29, 0.717) is 26.2 Å². The molecule has 2 aliphatic rings. The largest absolute Gasteiger partial charge is 0.379 e. The van der Waals surface area contributed by atoms with E-state index in [9.17, 15) is 13.2 Å². The van der Waals surface area contributed by atoms with Gasteiger partial charge >= 0.3 is 0 Å². The van der Waals surface area contributed by atoms with Crippen molar-refractivity contribution in [1.82, 2.24) is 10.2 Å². The van der Waals surface area contributed by atoms with Crippen molar-refractivity contribution in [3.63, 3.8) is 0 Å². The van der Waals surface area contributed by atoms with Crippen LogP contribution in [-0.4, -0.2) is 63.6 Å². The highest BCUT2D eigenvalue weighted by molar-refractivity contribution is 7.91. The van der Waals surface area contributed by atoms with Crippen LogP contribution in [0.4, 0.5) is 0 Å².